The highest BCUT2D eigenvalue weighted by Crippen LogP contribution is 2.26. The Labute approximate surface area is 142 Å². The molecule has 1 heterocycles. The fraction of sp³-hybridized carbons (Fsp3) is 0.947. The van der Waals surface area contributed by atoms with Crippen LogP contribution in [0.2, 0.25) is 0 Å². The first-order chi connectivity index (χ1) is 10.9. The first-order valence-corrected chi connectivity index (χ1v) is 9.58. The molecule has 0 aromatic heterocycles. The van der Waals surface area contributed by atoms with E-state index in [9.17, 15) is 4.79 Å². The zero-order valence-corrected chi connectivity index (χ0v) is 15.6. The van der Waals surface area contributed by atoms with Gasteiger partial charge in [0.25, 0.3) is 0 Å². The second-order valence-corrected chi connectivity index (χ2v) is 8.47. The van der Waals surface area contributed by atoms with Crippen LogP contribution in [0.1, 0.15) is 72.6 Å². The average molecular weight is 325 g/mol. The van der Waals surface area contributed by atoms with Gasteiger partial charge in [0.15, 0.2) is 0 Å². The summed E-state index contributed by atoms with van der Waals surface area (Å²) in [7, 11) is 0. The van der Waals surface area contributed by atoms with E-state index >= 15 is 0 Å². The van der Waals surface area contributed by atoms with Crippen molar-refractivity contribution < 1.29 is 9.53 Å². The van der Waals surface area contributed by atoms with Gasteiger partial charge in [-0.05, 0) is 64.8 Å². The normalized spacial score (nSPS) is 29.4. The zero-order valence-electron chi connectivity index (χ0n) is 15.6. The number of rotatable bonds is 4. The van der Waals surface area contributed by atoms with E-state index in [0.29, 0.717) is 12.0 Å². The Bertz CT molecular complexity index is 378. The van der Waals surface area contributed by atoms with E-state index in [1.807, 2.05) is 25.7 Å². The van der Waals surface area contributed by atoms with Gasteiger partial charge >= 0.3 is 6.09 Å². The molecule has 1 saturated carbocycles. The fourth-order valence-corrected chi connectivity index (χ4v) is 3.82. The lowest BCUT2D eigenvalue weighted by Crippen LogP contribution is -2.37. The van der Waals surface area contributed by atoms with E-state index in [1.54, 1.807) is 0 Å². The molecule has 2 fully saturated rings. The summed E-state index contributed by atoms with van der Waals surface area (Å²) in [4.78, 5) is 14.0. The van der Waals surface area contributed by atoms with Crippen molar-refractivity contribution in [3.05, 3.63) is 0 Å². The number of hydrogen-bond acceptors (Lipinski definition) is 3. The van der Waals surface area contributed by atoms with Crippen LogP contribution in [0.4, 0.5) is 4.79 Å². The summed E-state index contributed by atoms with van der Waals surface area (Å²) in [5.74, 6) is 1.52. The summed E-state index contributed by atoms with van der Waals surface area (Å²) in [6.45, 7) is 10.8. The third-order valence-electron chi connectivity index (χ3n) is 5.30. The lowest BCUT2D eigenvalue weighted by molar-refractivity contribution is 0.0288. The molecule has 1 aliphatic carbocycles. The SMILES string of the molecule is CCC1CCCC(NCC2CCN(C(=O)OC(C)(C)C)C2)CC1. The van der Waals surface area contributed by atoms with Crippen molar-refractivity contribution in [1.29, 1.82) is 0 Å². The number of carbonyl (C=O) groups is 1. The molecule has 134 valence electrons. The maximum absolute atomic E-state index is 12.1. The van der Waals surface area contributed by atoms with Crippen molar-refractivity contribution in [3.63, 3.8) is 0 Å². The van der Waals surface area contributed by atoms with Gasteiger partial charge in [-0.25, -0.2) is 4.79 Å². The first-order valence-electron chi connectivity index (χ1n) is 9.58. The predicted molar refractivity (Wildman–Crippen MR) is 94.6 cm³/mol. The molecule has 1 aliphatic heterocycles. The van der Waals surface area contributed by atoms with Crippen molar-refractivity contribution in [2.45, 2.75) is 84.3 Å². The lowest BCUT2D eigenvalue weighted by atomic mass is 9.98. The highest BCUT2D eigenvalue weighted by molar-refractivity contribution is 5.68. The number of likely N-dealkylation sites (tertiary alicyclic amines) is 1. The third-order valence-corrected chi connectivity index (χ3v) is 5.30. The second kappa shape index (κ2) is 8.36. The Balaban J connectivity index is 1.68. The van der Waals surface area contributed by atoms with Crippen LogP contribution in [0, 0.1) is 11.8 Å². The van der Waals surface area contributed by atoms with Gasteiger partial charge in [-0.3, -0.25) is 0 Å². The van der Waals surface area contributed by atoms with E-state index < -0.39 is 5.60 Å². The van der Waals surface area contributed by atoms with Gasteiger partial charge in [0, 0.05) is 19.1 Å². The molecule has 4 nitrogen and oxygen atoms in total. The Morgan fingerprint density at radius 3 is 2.61 bits per heavy atom. The molecule has 0 spiro atoms. The Morgan fingerprint density at radius 2 is 1.91 bits per heavy atom. The molecule has 3 unspecified atom stereocenters. The van der Waals surface area contributed by atoms with E-state index in [0.717, 1.165) is 32.0 Å². The van der Waals surface area contributed by atoms with Crippen molar-refractivity contribution in [3.8, 4) is 0 Å². The van der Waals surface area contributed by atoms with Crippen molar-refractivity contribution in [2.75, 3.05) is 19.6 Å². The summed E-state index contributed by atoms with van der Waals surface area (Å²) in [6, 6.07) is 0.683. The lowest BCUT2D eigenvalue weighted by Gasteiger charge is -2.24. The molecule has 0 radical (unpaired) electrons. The second-order valence-electron chi connectivity index (χ2n) is 8.47. The first kappa shape index (κ1) is 18.6. The summed E-state index contributed by atoms with van der Waals surface area (Å²) >= 11 is 0. The molecule has 1 amide bonds. The van der Waals surface area contributed by atoms with Gasteiger partial charge in [0.05, 0.1) is 0 Å². The Hall–Kier alpha value is -0.770. The number of nitrogens with zero attached hydrogens (tertiary/aromatic N) is 1. The highest BCUT2D eigenvalue weighted by atomic mass is 16.6. The molecule has 2 rings (SSSR count). The molecule has 1 N–H and O–H groups in total. The van der Waals surface area contributed by atoms with Crippen LogP contribution in [-0.4, -0.2) is 42.3 Å². The van der Waals surface area contributed by atoms with Crippen LogP contribution in [0.25, 0.3) is 0 Å². The minimum Gasteiger partial charge on any atom is -0.444 e. The summed E-state index contributed by atoms with van der Waals surface area (Å²) in [5, 5.41) is 3.78. The molecule has 4 heteroatoms. The molecule has 23 heavy (non-hydrogen) atoms. The van der Waals surface area contributed by atoms with Crippen LogP contribution in [0.3, 0.4) is 0 Å². The summed E-state index contributed by atoms with van der Waals surface area (Å²) < 4.78 is 5.47. The van der Waals surface area contributed by atoms with Crippen LogP contribution in [-0.2, 0) is 4.74 Å². The van der Waals surface area contributed by atoms with Gasteiger partial charge in [-0.2, -0.15) is 0 Å². The van der Waals surface area contributed by atoms with Crippen LogP contribution >= 0.6 is 0 Å². The minimum absolute atomic E-state index is 0.153. The van der Waals surface area contributed by atoms with Gasteiger partial charge in [0.2, 0.25) is 0 Å². The molecule has 0 aromatic rings. The van der Waals surface area contributed by atoms with Crippen LogP contribution in [0.5, 0.6) is 0 Å². The maximum Gasteiger partial charge on any atom is 0.410 e. The molecule has 3 atom stereocenters. The molecule has 2 aliphatic rings. The fourth-order valence-electron chi connectivity index (χ4n) is 3.82. The molecular weight excluding hydrogens is 288 g/mol. The van der Waals surface area contributed by atoms with Gasteiger partial charge in [-0.15, -0.1) is 0 Å². The number of amides is 1. The van der Waals surface area contributed by atoms with Crippen LogP contribution in [0.15, 0.2) is 0 Å². The van der Waals surface area contributed by atoms with Gasteiger partial charge in [0.1, 0.15) is 5.60 Å². The van der Waals surface area contributed by atoms with Crippen molar-refractivity contribution in [1.82, 2.24) is 10.2 Å². The molecular formula is C19H36N2O2. The quantitative estimate of drug-likeness (QED) is 0.788. The van der Waals surface area contributed by atoms with Gasteiger partial charge in [-0.1, -0.05) is 26.2 Å². The van der Waals surface area contributed by atoms with Crippen molar-refractivity contribution >= 4 is 6.09 Å². The monoisotopic (exact) mass is 324 g/mol. The highest BCUT2D eigenvalue weighted by Gasteiger charge is 2.30. The third kappa shape index (κ3) is 6.33. The number of nitrogens with one attached hydrogen (secondary N) is 1. The molecule has 0 aromatic carbocycles. The Kier molecular flexibility index (Phi) is 6.75. The smallest absolute Gasteiger partial charge is 0.410 e. The summed E-state index contributed by atoms with van der Waals surface area (Å²) in [5.41, 5.74) is -0.399. The van der Waals surface area contributed by atoms with E-state index in [-0.39, 0.29) is 6.09 Å². The maximum atomic E-state index is 12.1. The topological polar surface area (TPSA) is 41.6 Å². The number of hydrogen-bond donors (Lipinski definition) is 1. The summed E-state index contributed by atoms with van der Waals surface area (Å²) in [6.07, 6.45) is 9.06. The molecule has 1 saturated heterocycles. The van der Waals surface area contributed by atoms with E-state index in [2.05, 4.69) is 12.2 Å². The van der Waals surface area contributed by atoms with Gasteiger partial charge < -0.3 is 15.0 Å². The Morgan fingerprint density at radius 1 is 1.13 bits per heavy atom. The standard InChI is InChI=1S/C19H36N2O2/c1-5-15-7-6-8-17(10-9-15)20-13-16-11-12-21(14-16)18(22)23-19(2,3)4/h15-17,20H,5-14H2,1-4H3. The predicted octanol–water partition coefficient (Wildman–Crippen LogP) is 4.19. The largest absolute Gasteiger partial charge is 0.444 e. The van der Waals surface area contributed by atoms with Crippen LogP contribution < -0.4 is 5.32 Å². The minimum atomic E-state index is -0.399. The number of carbonyl (C=O) groups excluding carboxylic acids is 1. The van der Waals surface area contributed by atoms with E-state index in [4.69, 9.17) is 4.74 Å². The average Bonchev–Trinajstić information content (AvgIpc) is 2.82. The van der Waals surface area contributed by atoms with Crippen molar-refractivity contribution in [2.24, 2.45) is 11.8 Å². The van der Waals surface area contributed by atoms with E-state index in [1.165, 1.54) is 38.5 Å². The number of ether oxygens (including phenoxy) is 1. The molecule has 0 bridgehead atoms. The zero-order chi connectivity index (χ0) is 16.9.